The molecule has 0 atom stereocenters. The Hall–Kier alpha value is -0.640. The molecule has 54 valence electrons. The molecule has 1 aromatic rings. The molecule has 0 aliphatic rings. The van der Waals surface area contributed by atoms with Gasteiger partial charge in [0.1, 0.15) is 4.60 Å². The van der Waals surface area contributed by atoms with Gasteiger partial charge in [0, 0.05) is 6.54 Å². The zero-order valence-electron chi connectivity index (χ0n) is 5.54. The molecule has 0 spiro atoms. The first kappa shape index (κ1) is 7.47. The minimum atomic E-state index is -0.0723. The van der Waals surface area contributed by atoms with Crippen molar-refractivity contribution in [3.05, 3.63) is 27.4 Å². The van der Waals surface area contributed by atoms with E-state index in [1.165, 1.54) is 6.20 Å². The van der Waals surface area contributed by atoms with Crippen LogP contribution in [0.5, 0.6) is 0 Å². The largest absolute Gasteiger partial charge is 0.300 e. The average molecular weight is 203 g/mol. The third-order valence-electron chi connectivity index (χ3n) is 1.21. The number of hydrogen-bond donors (Lipinski definition) is 0. The van der Waals surface area contributed by atoms with Crippen molar-refractivity contribution >= 4 is 15.9 Å². The number of nitrogens with zero attached hydrogens (tertiary/aromatic N) is 2. The SMILES string of the molecule is CCn1c(Br)cncc1=O. The second-order valence-corrected chi connectivity index (χ2v) is 2.62. The maximum Gasteiger partial charge on any atom is 0.269 e. The van der Waals surface area contributed by atoms with Crippen molar-refractivity contribution in [2.45, 2.75) is 13.5 Å². The molecular formula is C6H7BrN2O. The maximum absolute atomic E-state index is 10.9. The molecule has 1 rings (SSSR count). The van der Waals surface area contributed by atoms with Gasteiger partial charge in [0.15, 0.2) is 0 Å². The highest BCUT2D eigenvalue weighted by Gasteiger charge is 1.95. The normalized spacial score (nSPS) is 9.80. The molecule has 0 aliphatic carbocycles. The van der Waals surface area contributed by atoms with Gasteiger partial charge in [-0.2, -0.15) is 0 Å². The Morgan fingerprint density at radius 3 is 2.80 bits per heavy atom. The highest BCUT2D eigenvalue weighted by Crippen LogP contribution is 2.02. The monoisotopic (exact) mass is 202 g/mol. The summed E-state index contributed by atoms with van der Waals surface area (Å²) in [5.74, 6) is 0. The first-order valence-electron chi connectivity index (χ1n) is 2.96. The van der Waals surface area contributed by atoms with Crippen LogP contribution in [0.15, 0.2) is 21.8 Å². The number of rotatable bonds is 1. The lowest BCUT2D eigenvalue weighted by Crippen LogP contribution is -2.19. The summed E-state index contributed by atoms with van der Waals surface area (Å²) in [6.45, 7) is 2.58. The van der Waals surface area contributed by atoms with Gasteiger partial charge in [0.25, 0.3) is 5.56 Å². The molecule has 0 fully saturated rings. The fourth-order valence-electron chi connectivity index (χ4n) is 0.714. The van der Waals surface area contributed by atoms with E-state index in [4.69, 9.17) is 0 Å². The average Bonchev–Trinajstić information content (AvgIpc) is 1.88. The molecule has 0 bridgehead atoms. The molecule has 0 aromatic carbocycles. The van der Waals surface area contributed by atoms with Crippen molar-refractivity contribution in [2.24, 2.45) is 0 Å². The number of halogens is 1. The van der Waals surface area contributed by atoms with Crippen LogP contribution < -0.4 is 5.56 Å². The van der Waals surface area contributed by atoms with Gasteiger partial charge in [-0.05, 0) is 22.9 Å². The van der Waals surface area contributed by atoms with Crippen LogP contribution in [0.1, 0.15) is 6.92 Å². The molecule has 0 saturated heterocycles. The lowest BCUT2D eigenvalue weighted by molar-refractivity contribution is 0.699. The molecule has 0 radical (unpaired) electrons. The molecule has 0 amide bonds. The van der Waals surface area contributed by atoms with E-state index in [0.717, 1.165) is 4.60 Å². The first-order valence-corrected chi connectivity index (χ1v) is 3.75. The molecule has 0 aliphatic heterocycles. The predicted octanol–water partition coefficient (Wildman–Crippen LogP) is 1.03. The van der Waals surface area contributed by atoms with E-state index >= 15 is 0 Å². The van der Waals surface area contributed by atoms with Crippen LogP contribution in [0.3, 0.4) is 0 Å². The summed E-state index contributed by atoms with van der Waals surface area (Å²) in [5, 5.41) is 0. The van der Waals surface area contributed by atoms with Crippen molar-refractivity contribution in [2.75, 3.05) is 0 Å². The van der Waals surface area contributed by atoms with Gasteiger partial charge in [-0.15, -0.1) is 0 Å². The number of hydrogen-bond acceptors (Lipinski definition) is 2. The third kappa shape index (κ3) is 1.26. The Morgan fingerprint density at radius 2 is 2.40 bits per heavy atom. The fraction of sp³-hybridized carbons (Fsp3) is 0.333. The molecule has 0 N–H and O–H groups in total. The molecule has 4 heteroatoms. The van der Waals surface area contributed by atoms with Crippen LogP contribution in [-0.2, 0) is 6.54 Å². The van der Waals surface area contributed by atoms with Crippen molar-refractivity contribution in [3.63, 3.8) is 0 Å². The van der Waals surface area contributed by atoms with E-state index in [-0.39, 0.29) is 5.56 Å². The highest BCUT2D eigenvalue weighted by atomic mass is 79.9. The Balaban J connectivity index is 3.31. The summed E-state index contributed by atoms with van der Waals surface area (Å²) >= 11 is 3.21. The van der Waals surface area contributed by atoms with Gasteiger partial charge < -0.3 is 4.57 Å². The fourth-order valence-corrected chi connectivity index (χ4v) is 1.26. The van der Waals surface area contributed by atoms with Crippen LogP contribution in [-0.4, -0.2) is 9.55 Å². The van der Waals surface area contributed by atoms with Gasteiger partial charge in [0.2, 0.25) is 0 Å². The zero-order valence-corrected chi connectivity index (χ0v) is 7.13. The molecule has 0 unspecified atom stereocenters. The lowest BCUT2D eigenvalue weighted by Gasteiger charge is -2.01. The minimum absolute atomic E-state index is 0.0723. The Labute approximate surface area is 66.8 Å². The quantitative estimate of drug-likeness (QED) is 0.683. The molecule has 0 saturated carbocycles. The molecular weight excluding hydrogens is 196 g/mol. The second-order valence-electron chi connectivity index (χ2n) is 1.81. The van der Waals surface area contributed by atoms with Crippen molar-refractivity contribution < 1.29 is 0 Å². The summed E-state index contributed by atoms with van der Waals surface area (Å²) in [7, 11) is 0. The zero-order chi connectivity index (χ0) is 7.56. The van der Waals surface area contributed by atoms with E-state index < -0.39 is 0 Å². The molecule has 3 nitrogen and oxygen atoms in total. The Morgan fingerprint density at radius 1 is 1.70 bits per heavy atom. The summed E-state index contributed by atoms with van der Waals surface area (Å²) < 4.78 is 2.31. The molecule has 1 aromatic heterocycles. The van der Waals surface area contributed by atoms with Crippen LogP contribution in [0.4, 0.5) is 0 Å². The smallest absolute Gasteiger partial charge is 0.269 e. The van der Waals surface area contributed by atoms with Gasteiger partial charge in [-0.3, -0.25) is 9.78 Å². The second kappa shape index (κ2) is 2.96. The number of aromatic nitrogens is 2. The van der Waals surface area contributed by atoms with Gasteiger partial charge in [-0.1, -0.05) is 0 Å². The molecule has 10 heavy (non-hydrogen) atoms. The van der Waals surface area contributed by atoms with E-state index in [0.29, 0.717) is 6.54 Å². The van der Waals surface area contributed by atoms with Crippen LogP contribution in [0, 0.1) is 0 Å². The van der Waals surface area contributed by atoms with Crippen LogP contribution in [0.25, 0.3) is 0 Å². The van der Waals surface area contributed by atoms with E-state index in [9.17, 15) is 4.79 Å². The Kier molecular flexibility index (Phi) is 2.21. The van der Waals surface area contributed by atoms with Crippen molar-refractivity contribution in [1.29, 1.82) is 0 Å². The van der Waals surface area contributed by atoms with Crippen LogP contribution >= 0.6 is 15.9 Å². The summed E-state index contributed by atoms with van der Waals surface area (Å²) in [4.78, 5) is 14.7. The first-order chi connectivity index (χ1) is 4.75. The minimum Gasteiger partial charge on any atom is -0.300 e. The summed E-state index contributed by atoms with van der Waals surface area (Å²) in [6.07, 6.45) is 2.90. The van der Waals surface area contributed by atoms with E-state index in [1.807, 2.05) is 6.92 Å². The van der Waals surface area contributed by atoms with Gasteiger partial charge >= 0.3 is 0 Å². The van der Waals surface area contributed by atoms with Crippen molar-refractivity contribution in [1.82, 2.24) is 9.55 Å². The van der Waals surface area contributed by atoms with E-state index in [2.05, 4.69) is 20.9 Å². The van der Waals surface area contributed by atoms with Crippen molar-refractivity contribution in [3.8, 4) is 0 Å². The summed E-state index contributed by atoms with van der Waals surface area (Å²) in [6, 6.07) is 0. The van der Waals surface area contributed by atoms with Gasteiger partial charge in [-0.25, -0.2) is 0 Å². The topological polar surface area (TPSA) is 34.9 Å². The predicted molar refractivity (Wildman–Crippen MR) is 41.9 cm³/mol. The highest BCUT2D eigenvalue weighted by molar-refractivity contribution is 9.10. The van der Waals surface area contributed by atoms with E-state index in [1.54, 1.807) is 10.8 Å². The maximum atomic E-state index is 10.9. The third-order valence-corrected chi connectivity index (χ3v) is 1.84. The lowest BCUT2D eigenvalue weighted by atomic mass is 10.6. The van der Waals surface area contributed by atoms with Gasteiger partial charge in [0.05, 0.1) is 12.4 Å². The van der Waals surface area contributed by atoms with Crippen LogP contribution in [0.2, 0.25) is 0 Å². The molecule has 1 heterocycles. The standard InChI is InChI=1S/C6H7BrN2O/c1-2-9-5(7)3-8-4-6(9)10/h3-4H,2H2,1H3. The Bertz CT molecular complexity index is 281. The summed E-state index contributed by atoms with van der Waals surface area (Å²) in [5.41, 5.74) is -0.0723.